The van der Waals surface area contributed by atoms with E-state index in [0.29, 0.717) is 18.8 Å². The summed E-state index contributed by atoms with van der Waals surface area (Å²) in [6, 6.07) is 10.8. The predicted octanol–water partition coefficient (Wildman–Crippen LogP) is 4.69. The minimum absolute atomic E-state index is 0.211. The zero-order valence-electron chi connectivity index (χ0n) is 17.1. The average molecular weight is 462 g/mol. The summed E-state index contributed by atoms with van der Waals surface area (Å²) in [7, 11) is -6.20. The van der Waals surface area contributed by atoms with Gasteiger partial charge < -0.3 is 4.98 Å². The molecule has 9 heteroatoms. The number of sulfonamides is 1. The molecule has 2 aliphatic rings. The van der Waals surface area contributed by atoms with Crippen LogP contribution in [0.25, 0.3) is 22.2 Å². The summed E-state index contributed by atoms with van der Waals surface area (Å²) >= 11 is 0. The van der Waals surface area contributed by atoms with Gasteiger partial charge in [-0.15, -0.1) is 0 Å². The monoisotopic (exact) mass is 461 g/mol. The van der Waals surface area contributed by atoms with Crippen LogP contribution in [-0.2, 0) is 10.0 Å². The molecule has 31 heavy (non-hydrogen) atoms. The minimum atomic E-state index is -3.66. The van der Waals surface area contributed by atoms with Gasteiger partial charge in [0.1, 0.15) is 5.65 Å². The Bertz CT molecular complexity index is 1190. The highest BCUT2D eigenvalue weighted by Crippen LogP contribution is 2.44. The molecule has 2 aromatic heterocycles. The van der Waals surface area contributed by atoms with E-state index in [-0.39, 0.29) is 22.4 Å². The first-order chi connectivity index (χ1) is 14.8. The number of H-pyrrole nitrogens is 1. The fraction of sp³-hybridized carbons (Fsp3) is 0.409. The first-order valence-corrected chi connectivity index (χ1v) is 14.0. The fourth-order valence-corrected chi connectivity index (χ4v) is 7.20. The Hall–Kier alpha value is -1.91. The Balaban J connectivity index is 1.37. The van der Waals surface area contributed by atoms with Gasteiger partial charge in [-0.25, -0.2) is 18.1 Å². The second kappa shape index (κ2) is 7.90. The number of fused-ring (bicyclic) bond motifs is 1. The number of pyridine rings is 1. The second-order valence-corrected chi connectivity index (χ2v) is 12.7. The highest BCUT2D eigenvalue weighted by Gasteiger charge is 2.28. The molecule has 0 unspecified atom stereocenters. The molecule has 5 rings (SSSR count). The lowest BCUT2D eigenvalue weighted by Gasteiger charge is -2.39. The van der Waals surface area contributed by atoms with Crippen molar-refractivity contribution < 1.29 is 17.5 Å². The zero-order chi connectivity index (χ0) is 21.6. The maximum absolute atomic E-state index is 12.8. The molecule has 2 fully saturated rings. The molecule has 0 amide bonds. The van der Waals surface area contributed by atoms with Gasteiger partial charge in [-0.05, 0) is 67.0 Å². The topological polar surface area (TPSA) is 115 Å². The lowest BCUT2D eigenvalue weighted by molar-refractivity contribution is 0.413. The number of hydrogen-bond acceptors (Lipinski definition) is 5. The summed E-state index contributed by atoms with van der Waals surface area (Å²) in [5.74, 6) is 1.08. The quantitative estimate of drug-likeness (QED) is 0.440. The average Bonchev–Trinajstić information content (AvgIpc) is 3.11. The van der Waals surface area contributed by atoms with Crippen LogP contribution in [0.1, 0.15) is 43.7 Å². The Morgan fingerprint density at radius 2 is 1.74 bits per heavy atom. The third kappa shape index (κ3) is 4.25. The van der Waals surface area contributed by atoms with Crippen LogP contribution in [0.15, 0.2) is 47.5 Å². The summed E-state index contributed by atoms with van der Waals surface area (Å²) in [6.07, 6.45) is 6.34. The fourth-order valence-electron chi connectivity index (χ4n) is 4.37. The smallest absolute Gasteiger partial charge is 0.240 e. The SMILES string of the molecule is O=S(=O)(NC1CCS(O)(O)CC1)c1ccc(-c2ccnc3[nH]c(C4CCC4)cc23)cc1. The summed E-state index contributed by atoms with van der Waals surface area (Å²) in [5, 5.41) is 1.05. The van der Waals surface area contributed by atoms with Gasteiger partial charge in [-0.2, -0.15) is 10.6 Å². The van der Waals surface area contributed by atoms with E-state index in [0.717, 1.165) is 22.2 Å². The van der Waals surface area contributed by atoms with Crippen molar-refractivity contribution in [2.45, 2.75) is 49.0 Å². The normalized spacial score (nSPS) is 21.1. The molecule has 1 aliphatic carbocycles. The van der Waals surface area contributed by atoms with Gasteiger partial charge in [0.2, 0.25) is 10.0 Å². The van der Waals surface area contributed by atoms with Crippen molar-refractivity contribution in [1.82, 2.24) is 14.7 Å². The molecule has 166 valence electrons. The van der Waals surface area contributed by atoms with E-state index in [2.05, 4.69) is 20.8 Å². The molecule has 0 atom stereocenters. The van der Waals surface area contributed by atoms with E-state index in [1.807, 2.05) is 18.2 Å². The minimum Gasteiger partial charge on any atom is -0.343 e. The van der Waals surface area contributed by atoms with Gasteiger partial charge in [0.15, 0.2) is 0 Å². The summed E-state index contributed by atoms with van der Waals surface area (Å²) in [6.45, 7) is 0. The lowest BCUT2D eigenvalue weighted by Crippen LogP contribution is -2.39. The molecule has 1 aromatic carbocycles. The highest BCUT2D eigenvalue weighted by molar-refractivity contribution is 8.24. The molecular formula is C22H27N3O4S2. The van der Waals surface area contributed by atoms with Crippen LogP contribution >= 0.6 is 10.6 Å². The van der Waals surface area contributed by atoms with Crippen molar-refractivity contribution in [1.29, 1.82) is 0 Å². The van der Waals surface area contributed by atoms with Gasteiger partial charge >= 0.3 is 0 Å². The maximum atomic E-state index is 12.8. The Labute approximate surface area is 183 Å². The van der Waals surface area contributed by atoms with Crippen LogP contribution in [0.2, 0.25) is 0 Å². The van der Waals surface area contributed by atoms with Gasteiger partial charge in [0, 0.05) is 34.8 Å². The van der Waals surface area contributed by atoms with Crippen LogP contribution in [0.4, 0.5) is 0 Å². The summed E-state index contributed by atoms with van der Waals surface area (Å²) < 4.78 is 47.8. The van der Waals surface area contributed by atoms with Gasteiger partial charge in [-0.1, -0.05) is 18.6 Å². The van der Waals surface area contributed by atoms with E-state index >= 15 is 0 Å². The molecular weight excluding hydrogens is 434 g/mol. The standard InChI is InChI=1S/C22H27N3O4S2/c26-30(27)12-9-17(10-13-30)25-31(28,29)18-6-4-15(5-7-18)19-8-11-23-22-20(19)14-21(24-22)16-2-1-3-16/h4-8,11,14,16-17,25-27H,1-3,9-10,12-13H2,(H,23,24). The molecule has 7 nitrogen and oxygen atoms in total. The lowest BCUT2D eigenvalue weighted by atomic mass is 9.83. The second-order valence-electron chi connectivity index (χ2n) is 8.60. The molecule has 1 aliphatic heterocycles. The maximum Gasteiger partial charge on any atom is 0.240 e. The number of rotatable bonds is 5. The molecule has 4 N–H and O–H groups in total. The summed E-state index contributed by atoms with van der Waals surface area (Å²) in [4.78, 5) is 8.12. The zero-order valence-corrected chi connectivity index (χ0v) is 18.8. The predicted molar refractivity (Wildman–Crippen MR) is 124 cm³/mol. The van der Waals surface area contributed by atoms with Crippen molar-refractivity contribution in [3.05, 3.63) is 48.3 Å². The molecule has 0 bridgehead atoms. The molecule has 1 saturated carbocycles. The molecule has 0 radical (unpaired) electrons. The van der Waals surface area contributed by atoms with Crippen molar-refractivity contribution in [2.75, 3.05) is 11.5 Å². The number of aromatic amines is 1. The van der Waals surface area contributed by atoms with E-state index in [9.17, 15) is 17.5 Å². The van der Waals surface area contributed by atoms with Crippen molar-refractivity contribution in [3.8, 4) is 11.1 Å². The van der Waals surface area contributed by atoms with Crippen molar-refractivity contribution in [2.24, 2.45) is 0 Å². The highest BCUT2D eigenvalue weighted by atomic mass is 32.3. The molecule has 3 heterocycles. The van der Waals surface area contributed by atoms with Gasteiger partial charge in [0.05, 0.1) is 4.90 Å². The van der Waals surface area contributed by atoms with Crippen LogP contribution in [0, 0.1) is 0 Å². The largest absolute Gasteiger partial charge is 0.343 e. The number of benzene rings is 1. The first-order valence-electron chi connectivity index (χ1n) is 10.6. The molecule has 1 saturated heterocycles. The van der Waals surface area contributed by atoms with E-state index in [1.165, 1.54) is 25.0 Å². The van der Waals surface area contributed by atoms with E-state index in [1.54, 1.807) is 18.3 Å². The van der Waals surface area contributed by atoms with E-state index in [4.69, 9.17) is 0 Å². The number of nitrogens with zero attached hydrogens (tertiary/aromatic N) is 1. The Kier molecular flexibility index (Phi) is 5.34. The van der Waals surface area contributed by atoms with E-state index < -0.39 is 20.6 Å². The van der Waals surface area contributed by atoms with Gasteiger partial charge in [0.25, 0.3) is 0 Å². The number of nitrogens with one attached hydrogen (secondary N) is 2. The van der Waals surface area contributed by atoms with Crippen LogP contribution in [0.5, 0.6) is 0 Å². The summed E-state index contributed by atoms with van der Waals surface area (Å²) in [5.41, 5.74) is 4.06. The van der Waals surface area contributed by atoms with Crippen LogP contribution in [-0.4, -0.2) is 45.0 Å². The third-order valence-electron chi connectivity index (χ3n) is 6.48. The molecule has 0 spiro atoms. The Morgan fingerprint density at radius 3 is 2.39 bits per heavy atom. The van der Waals surface area contributed by atoms with Crippen molar-refractivity contribution >= 4 is 31.6 Å². The van der Waals surface area contributed by atoms with Gasteiger partial charge in [-0.3, -0.25) is 9.11 Å². The third-order valence-corrected chi connectivity index (χ3v) is 9.80. The molecule has 3 aromatic rings. The Morgan fingerprint density at radius 1 is 1.03 bits per heavy atom. The number of hydrogen-bond donors (Lipinski definition) is 4. The van der Waals surface area contributed by atoms with Crippen LogP contribution < -0.4 is 4.72 Å². The van der Waals surface area contributed by atoms with Crippen LogP contribution in [0.3, 0.4) is 0 Å². The number of aromatic nitrogens is 2. The van der Waals surface area contributed by atoms with Crippen molar-refractivity contribution in [3.63, 3.8) is 0 Å². The first kappa shape index (κ1) is 21.0.